The number of carboxylic acid groups (broad SMARTS) is 1. The third-order valence-corrected chi connectivity index (χ3v) is 3.21. The fourth-order valence-electron chi connectivity index (χ4n) is 1.98. The molecule has 1 unspecified atom stereocenters. The average Bonchev–Trinajstić information content (AvgIpc) is 2.42. The first-order chi connectivity index (χ1) is 10.1. The third kappa shape index (κ3) is 5.39. The van der Waals surface area contributed by atoms with Crippen LogP contribution in [0, 0.1) is 0 Å². The van der Waals surface area contributed by atoms with Crippen molar-refractivity contribution in [2.75, 3.05) is 6.54 Å². The summed E-state index contributed by atoms with van der Waals surface area (Å²) in [6.45, 7) is 9.32. The van der Waals surface area contributed by atoms with Crippen LogP contribution in [0.1, 0.15) is 51.4 Å². The average molecular weight is 307 g/mol. The first kappa shape index (κ1) is 18.0. The molecule has 0 aliphatic rings. The minimum absolute atomic E-state index is 0.130. The van der Waals surface area contributed by atoms with E-state index in [9.17, 15) is 9.59 Å². The Hall–Kier alpha value is -2.04. The molecular formula is C17H25NO4. The van der Waals surface area contributed by atoms with Gasteiger partial charge in [0.25, 0.3) is 5.91 Å². The molecular weight excluding hydrogens is 282 g/mol. The first-order valence-electron chi connectivity index (χ1n) is 7.46. The van der Waals surface area contributed by atoms with Crippen molar-refractivity contribution in [3.63, 3.8) is 0 Å². The van der Waals surface area contributed by atoms with Crippen LogP contribution < -0.4 is 4.74 Å². The fourth-order valence-corrected chi connectivity index (χ4v) is 1.98. The molecule has 5 nitrogen and oxygen atoms in total. The summed E-state index contributed by atoms with van der Waals surface area (Å²) < 4.78 is 5.71. The summed E-state index contributed by atoms with van der Waals surface area (Å²) in [5.74, 6) is -0.613. The fraction of sp³-hybridized carbons (Fsp3) is 0.529. The lowest BCUT2D eigenvalue weighted by Gasteiger charge is -2.27. The van der Waals surface area contributed by atoms with Gasteiger partial charge in [-0.05, 0) is 58.4 Å². The third-order valence-electron chi connectivity index (χ3n) is 3.21. The summed E-state index contributed by atoms with van der Waals surface area (Å²) in [4.78, 5) is 24.8. The molecule has 0 bridgehead atoms. The number of benzene rings is 1. The van der Waals surface area contributed by atoms with Crippen LogP contribution >= 0.6 is 0 Å². The van der Waals surface area contributed by atoms with Crippen molar-refractivity contribution < 1.29 is 19.4 Å². The maximum absolute atomic E-state index is 12.5. The van der Waals surface area contributed by atoms with E-state index in [2.05, 4.69) is 0 Å². The zero-order valence-corrected chi connectivity index (χ0v) is 13.9. The highest BCUT2D eigenvalue weighted by Crippen LogP contribution is 2.20. The maximum atomic E-state index is 12.5. The molecule has 0 radical (unpaired) electrons. The summed E-state index contributed by atoms with van der Waals surface area (Å²) in [7, 11) is 0. The van der Waals surface area contributed by atoms with Gasteiger partial charge >= 0.3 is 5.97 Å². The van der Waals surface area contributed by atoms with E-state index in [1.165, 1.54) is 4.90 Å². The maximum Gasteiger partial charge on any atom is 0.323 e. The van der Waals surface area contributed by atoms with Crippen molar-refractivity contribution in [2.24, 2.45) is 0 Å². The van der Waals surface area contributed by atoms with Crippen molar-refractivity contribution in [1.29, 1.82) is 0 Å². The zero-order chi connectivity index (χ0) is 16.9. The van der Waals surface area contributed by atoms with Gasteiger partial charge in [0.1, 0.15) is 17.9 Å². The van der Waals surface area contributed by atoms with E-state index in [0.717, 1.165) is 0 Å². The highest BCUT2D eigenvalue weighted by atomic mass is 16.5. The molecule has 122 valence electrons. The van der Waals surface area contributed by atoms with Gasteiger partial charge in [0.2, 0.25) is 0 Å². The summed E-state index contributed by atoms with van der Waals surface area (Å²) in [5, 5.41) is 8.98. The van der Waals surface area contributed by atoms with E-state index in [4.69, 9.17) is 9.84 Å². The van der Waals surface area contributed by atoms with Crippen molar-refractivity contribution in [2.45, 2.75) is 52.7 Å². The second kappa shape index (κ2) is 7.29. The first-order valence-corrected chi connectivity index (χ1v) is 7.46. The molecule has 0 heterocycles. The molecule has 0 saturated heterocycles. The topological polar surface area (TPSA) is 66.8 Å². The highest BCUT2D eigenvalue weighted by Gasteiger charge is 2.23. The van der Waals surface area contributed by atoms with Crippen LogP contribution in [-0.2, 0) is 4.79 Å². The van der Waals surface area contributed by atoms with Crippen LogP contribution in [-0.4, -0.2) is 40.1 Å². The van der Waals surface area contributed by atoms with Crippen LogP contribution in [0.3, 0.4) is 0 Å². The van der Waals surface area contributed by atoms with Crippen molar-refractivity contribution in [3.05, 3.63) is 29.8 Å². The van der Waals surface area contributed by atoms with Gasteiger partial charge in [-0.25, -0.2) is 0 Å². The number of hydrogen-bond donors (Lipinski definition) is 1. The van der Waals surface area contributed by atoms with Crippen LogP contribution in [0.4, 0.5) is 0 Å². The number of ether oxygens (including phenoxy) is 1. The molecule has 1 amide bonds. The molecule has 0 aromatic heterocycles. The summed E-state index contributed by atoms with van der Waals surface area (Å²) >= 11 is 0. The van der Waals surface area contributed by atoms with E-state index < -0.39 is 5.97 Å². The van der Waals surface area contributed by atoms with Crippen molar-refractivity contribution in [1.82, 2.24) is 4.90 Å². The molecule has 0 fully saturated rings. The van der Waals surface area contributed by atoms with E-state index in [-0.39, 0.29) is 24.1 Å². The van der Waals surface area contributed by atoms with Crippen LogP contribution in [0.15, 0.2) is 24.3 Å². The molecule has 0 spiro atoms. The lowest BCUT2D eigenvalue weighted by atomic mass is 10.1. The monoisotopic (exact) mass is 307 g/mol. The molecule has 1 aromatic rings. The van der Waals surface area contributed by atoms with Crippen molar-refractivity contribution in [3.8, 4) is 5.75 Å². The van der Waals surface area contributed by atoms with E-state index in [1.807, 2.05) is 34.6 Å². The largest absolute Gasteiger partial charge is 0.488 e. The summed E-state index contributed by atoms with van der Waals surface area (Å²) in [5.41, 5.74) is 0.153. The SMILES string of the molecule is CCC(C)N(CC(=O)O)C(=O)c1ccc(OC(C)(C)C)cc1. The van der Waals surface area contributed by atoms with Gasteiger partial charge in [0.05, 0.1) is 0 Å². The zero-order valence-electron chi connectivity index (χ0n) is 13.9. The van der Waals surface area contributed by atoms with E-state index in [0.29, 0.717) is 17.7 Å². The number of hydrogen-bond acceptors (Lipinski definition) is 3. The number of rotatable bonds is 6. The van der Waals surface area contributed by atoms with Gasteiger partial charge in [-0.3, -0.25) is 9.59 Å². The Morgan fingerprint density at radius 1 is 1.23 bits per heavy atom. The Morgan fingerprint density at radius 3 is 2.18 bits per heavy atom. The molecule has 22 heavy (non-hydrogen) atoms. The van der Waals surface area contributed by atoms with E-state index >= 15 is 0 Å². The quantitative estimate of drug-likeness (QED) is 0.876. The standard InChI is InChI=1S/C17H25NO4/c1-6-12(2)18(11-15(19)20)16(21)13-7-9-14(10-8-13)22-17(3,4)5/h7-10,12H,6,11H2,1-5H3,(H,19,20). The number of nitrogens with zero attached hydrogens (tertiary/aromatic N) is 1. The smallest absolute Gasteiger partial charge is 0.323 e. The molecule has 1 N–H and O–H groups in total. The lowest BCUT2D eigenvalue weighted by molar-refractivity contribution is -0.138. The number of carboxylic acids is 1. The van der Waals surface area contributed by atoms with Gasteiger partial charge in [-0.1, -0.05) is 6.92 Å². The number of amides is 1. The predicted octanol–water partition coefficient (Wildman–Crippen LogP) is 3.19. The summed E-state index contributed by atoms with van der Waals surface area (Å²) in [6.07, 6.45) is 0.699. The van der Waals surface area contributed by atoms with Crippen LogP contribution in [0.25, 0.3) is 0 Å². The Bertz CT molecular complexity index is 516. The van der Waals surface area contributed by atoms with Crippen LogP contribution in [0.2, 0.25) is 0 Å². The minimum Gasteiger partial charge on any atom is -0.488 e. The normalized spacial score (nSPS) is 12.6. The molecule has 1 aromatic carbocycles. The van der Waals surface area contributed by atoms with Gasteiger partial charge < -0.3 is 14.7 Å². The molecule has 1 atom stereocenters. The molecule has 5 heteroatoms. The highest BCUT2D eigenvalue weighted by molar-refractivity contribution is 5.96. The predicted molar refractivity (Wildman–Crippen MR) is 85.2 cm³/mol. The summed E-state index contributed by atoms with van der Waals surface area (Å²) in [6, 6.07) is 6.66. The van der Waals surface area contributed by atoms with Crippen LogP contribution in [0.5, 0.6) is 5.75 Å². The van der Waals surface area contributed by atoms with Gasteiger partial charge in [-0.15, -0.1) is 0 Å². The molecule has 0 aliphatic carbocycles. The Balaban J connectivity index is 2.92. The van der Waals surface area contributed by atoms with E-state index in [1.54, 1.807) is 24.3 Å². The molecule has 1 rings (SSSR count). The number of carbonyl (C=O) groups excluding carboxylic acids is 1. The van der Waals surface area contributed by atoms with Gasteiger partial charge in [0.15, 0.2) is 0 Å². The van der Waals surface area contributed by atoms with Gasteiger partial charge in [-0.2, -0.15) is 0 Å². The second-order valence-electron chi connectivity index (χ2n) is 6.32. The Kier molecular flexibility index (Phi) is 5.97. The number of aliphatic carboxylic acids is 1. The lowest BCUT2D eigenvalue weighted by Crippen LogP contribution is -2.41. The molecule has 0 aliphatic heterocycles. The van der Waals surface area contributed by atoms with Crippen molar-refractivity contribution >= 4 is 11.9 Å². The van der Waals surface area contributed by atoms with Gasteiger partial charge in [0, 0.05) is 11.6 Å². The molecule has 0 saturated carbocycles. The number of carbonyl (C=O) groups is 2. The minimum atomic E-state index is -1.01. The Labute approximate surface area is 131 Å². The Morgan fingerprint density at radius 2 is 1.77 bits per heavy atom. The second-order valence-corrected chi connectivity index (χ2v) is 6.32.